The van der Waals surface area contributed by atoms with E-state index in [1.807, 2.05) is 41.8 Å². The zero-order valence-corrected chi connectivity index (χ0v) is 22.2. The van der Waals surface area contributed by atoms with Gasteiger partial charge in [0.05, 0.1) is 25.1 Å². The van der Waals surface area contributed by atoms with Crippen molar-refractivity contribution < 1.29 is 19.1 Å². The van der Waals surface area contributed by atoms with Crippen molar-refractivity contribution in [3.8, 4) is 5.75 Å². The number of para-hydroxylation sites is 1. The van der Waals surface area contributed by atoms with Crippen LogP contribution < -0.4 is 15.4 Å². The molecule has 2 aliphatic heterocycles. The standard InChI is InChI=1S/C27H25N5O4S2/c1-36-18-10-8-17(9-11-18)29-24(34)16-38-27-31-21-7-3-2-6-20(21)25-30-22(26(35)32(25)27)12-13-23(33)28-15-19-5-4-14-37-19/h2-11,14,22H,12-13,15-16H2,1H3,(H,28,33)(H,29,34)/t22-/m1/s1. The number of amidine groups is 2. The molecular formula is C27H25N5O4S2. The molecule has 38 heavy (non-hydrogen) atoms. The summed E-state index contributed by atoms with van der Waals surface area (Å²) in [5, 5.41) is 8.08. The highest BCUT2D eigenvalue weighted by atomic mass is 32.2. The van der Waals surface area contributed by atoms with Crippen LogP contribution >= 0.6 is 23.1 Å². The van der Waals surface area contributed by atoms with Crippen LogP contribution in [0.15, 0.2) is 76.0 Å². The van der Waals surface area contributed by atoms with Crippen LogP contribution in [-0.2, 0) is 20.9 Å². The summed E-state index contributed by atoms with van der Waals surface area (Å²) >= 11 is 2.75. The number of carbonyl (C=O) groups is 3. The van der Waals surface area contributed by atoms with Gasteiger partial charge in [0.2, 0.25) is 11.8 Å². The first kappa shape index (κ1) is 25.7. The van der Waals surface area contributed by atoms with Gasteiger partial charge in [0.25, 0.3) is 5.91 Å². The first-order chi connectivity index (χ1) is 18.5. The van der Waals surface area contributed by atoms with Crippen molar-refractivity contribution in [1.29, 1.82) is 0 Å². The molecule has 0 bridgehead atoms. The number of amides is 3. The van der Waals surface area contributed by atoms with E-state index >= 15 is 0 Å². The summed E-state index contributed by atoms with van der Waals surface area (Å²) in [5.41, 5.74) is 2.07. The van der Waals surface area contributed by atoms with E-state index in [1.54, 1.807) is 42.7 Å². The molecule has 0 saturated heterocycles. The van der Waals surface area contributed by atoms with E-state index in [-0.39, 0.29) is 36.3 Å². The van der Waals surface area contributed by atoms with Crippen molar-refractivity contribution in [3.05, 3.63) is 76.5 Å². The number of methoxy groups -OCH3 is 1. The second kappa shape index (κ2) is 11.6. The predicted molar refractivity (Wildman–Crippen MR) is 150 cm³/mol. The van der Waals surface area contributed by atoms with Gasteiger partial charge in [0, 0.05) is 22.5 Å². The number of anilines is 1. The molecule has 0 radical (unpaired) electrons. The molecule has 0 saturated carbocycles. The lowest BCUT2D eigenvalue weighted by molar-refractivity contribution is -0.125. The number of nitrogens with zero attached hydrogens (tertiary/aromatic N) is 3. The number of thioether (sulfide) groups is 1. The summed E-state index contributed by atoms with van der Waals surface area (Å²) in [4.78, 5) is 50.3. The quantitative estimate of drug-likeness (QED) is 0.417. The summed E-state index contributed by atoms with van der Waals surface area (Å²) in [7, 11) is 1.58. The summed E-state index contributed by atoms with van der Waals surface area (Å²) in [6.45, 7) is 0.467. The molecule has 194 valence electrons. The van der Waals surface area contributed by atoms with E-state index in [1.165, 1.54) is 16.7 Å². The normalized spacial score (nSPS) is 15.8. The van der Waals surface area contributed by atoms with E-state index in [0.29, 0.717) is 34.7 Å². The van der Waals surface area contributed by atoms with Crippen LogP contribution in [0.2, 0.25) is 0 Å². The maximum absolute atomic E-state index is 13.4. The Morgan fingerprint density at radius 3 is 2.66 bits per heavy atom. The molecule has 9 nitrogen and oxygen atoms in total. The topological polar surface area (TPSA) is 112 Å². The average molecular weight is 548 g/mol. The highest BCUT2D eigenvalue weighted by Gasteiger charge is 2.41. The fraction of sp³-hybridized carbons (Fsp3) is 0.222. The number of rotatable bonds is 9. The van der Waals surface area contributed by atoms with Gasteiger partial charge in [0.15, 0.2) is 5.17 Å². The van der Waals surface area contributed by atoms with E-state index in [9.17, 15) is 14.4 Å². The fourth-order valence-corrected chi connectivity index (χ4v) is 5.49. The average Bonchev–Trinajstić information content (AvgIpc) is 3.58. The van der Waals surface area contributed by atoms with Crippen LogP contribution in [0.3, 0.4) is 0 Å². The van der Waals surface area contributed by atoms with Gasteiger partial charge < -0.3 is 15.4 Å². The number of fused-ring (bicyclic) bond motifs is 3. The molecule has 0 spiro atoms. The smallest absolute Gasteiger partial charge is 0.259 e. The molecule has 5 rings (SSSR count). The minimum Gasteiger partial charge on any atom is -0.497 e. The monoisotopic (exact) mass is 547 g/mol. The Morgan fingerprint density at radius 2 is 1.89 bits per heavy atom. The highest BCUT2D eigenvalue weighted by Crippen LogP contribution is 2.34. The molecule has 1 aromatic heterocycles. The Balaban J connectivity index is 1.24. The summed E-state index contributed by atoms with van der Waals surface area (Å²) in [6.07, 6.45) is 0.463. The lowest BCUT2D eigenvalue weighted by atomic mass is 10.1. The third-order valence-corrected chi connectivity index (χ3v) is 7.75. The van der Waals surface area contributed by atoms with Crippen LogP contribution in [0, 0.1) is 0 Å². The summed E-state index contributed by atoms with van der Waals surface area (Å²) in [6, 6.07) is 17.7. The van der Waals surface area contributed by atoms with Gasteiger partial charge >= 0.3 is 0 Å². The van der Waals surface area contributed by atoms with Gasteiger partial charge in [-0.25, -0.2) is 9.89 Å². The van der Waals surface area contributed by atoms with E-state index < -0.39 is 6.04 Å². The highest BCUT2D eigenvalue weighted by molar-refractivity contribution is 8.14. The van der Waals surface area contributed by atoms with Crippen LogP contribution in [0.5, 0.6) is 5.75 Å². The van der Waals surface area contributed by atoms with Gasteiger partial charge in [-0.3, -0.25) is 19.4 Å². The first-order valence-electron chi connectivity index (χ1n) is 12.0. The zero-order chi connectivity index (χ0) is 26.5. The lowest BCUT2D eigenvalue weighted by Gasteiger charge is -2.25. The number of carbonyl (C=O) groups excluding carboxylic acids is 3. The van der Waals surface area contributed by atoms with E-state index in [0.717, 1.165) is 10.4 Å². The molecule has 0 fully saturated rings. The Labute approximate surface area is 228 Å². The van der Waals surface area contributed by atoms with E-state index in [2.05, 4.69) is 20.6 Å². The molecular weight excluding hydrogens is 522 g/mol. The number of aliphatic imine (C=N–C) groups is 2. The molecule has 0 aliphatic carbocycles. The van der Waals surface area contributed by atoms with Crippen molar-refractivity contribution in [1.82, 2.24) is 10.2 Å². The van der Waals surface area contributed by atoms with Crippen molar-refractivity contribution in [2.45, 2.75) is 25.4 Å². The van der Waals surface area contributed by atoms with Crippen LogP contribution in [0.25, 0.3) is 0 Å². The molecule has 3 amide bonds. The number of nitrogens with one attached hydrogen (secondary N) is 2. The minimum atomic E-state index is -0.692. The number of thiophene rings is 1. The molecule has 2 N–H and O–H groups in total. The zero-order valence-electron chi connectivity index (χ0n) is 20.5. The van der Waals surface area contributed by atoms with Gasteiger partial charge in [-0.2, -0.15) is 0 Å². The second-order valence-corrected chi connectivity index (χ2v) is 10.5. The van der Waals surface area contributed by atoms with Gasteiger partial charge in [-0.15, -0.1) is 11.3 Å². The number of ether oxygens (including phenoxy) is 1. The maximum atomic E-state index is 13.4. The fourth-order valence-electron chi connectivity index (χ4n) is 4.04. The predicted octanol–water partition coefficient (Wildman–Crippen LogP) is 4.18. The third kappa shape index (κ3) is 5.79. The first-order valence-corrected chi connectivity index (χ1v) is 13.8. The lowest BCUT2D eigenvalue weighted by Crippen LogP contribution is -2.41. The van der Waals surface area contributed by atoms with Crippen LogP contribution in [0.4, 0.5) is 11.4 Å². The maximum Gasteiger partial charge on any atom is 0.259 e. The molecule has 2 aromatic carbocycles. The van der Waals surface area contributed by atoms with Gasteiger partial charge in [-0.05, 0) is 54.3 Å². The Hall–Kier alpha value is -3.96. The second-order valence-electron chi connectivity index (χ2n) is 8.51. The van der Waals surface area contributed by atoms with E-state index in [4.69, 9.17) is 4.74 Å². The largest absolute Gasteiger partial charge is 0.497 e. The Kier molecular flexibility index (Phi) is 7.85. The SMILES string of the molecule is COc1ccc(NC(=O)CSC2=Nc3ccccc3C3=N[C@H](CCC(=O)NCc4cccs4)C(=O)N23)cc1. The minimum absolute atomic E-state index is 0.0554. The number of benzene rings is 2. The number of hydrogen-bond donors (Lipinski definition) is 2. The van der Waals surface area contributed by atoms with Crippen LogP contribution in [0.1, 0.15) is 23.3 Å². The van der Waals surface area contributed by atoms with Gasteiger partial charge in [0.1, 0.15) is 17.6 Å². The summed E-state index contributed by atoms with van der Waals surface area (Å²) < 4.78 is 5.14. The van der Waals surface area contributed by atoms with Crippen molar-refractivity contribution >= 4 is 63.2 Å². The number of hydrogen-bond acceptors (Lipinski definition) is 8. The van der Waals surface area contributed by atoms with Crippen molar-refractivity contribution in [3.63, 3.8) is 0 Å². The van der Waals surface area contributed by atoms with Crippen LogP contribution in [-0.4, -0.2) is 52.5 Å². The molecule has 3 heterocycles. The molecule has 2 aliphatic rings. The van der Waals surface area contributed by atoms with Gasteiger partial charge in [-0.1, -0.05) is 30.0 Å². The molecule has 1 atom stereocenters. The summed E-state index contributed by atoms with van der Waals surface area (Å²) in [5.74, 6) is 0.646. The Bertz CT molecular complexity index is 1400. The molecule has 3 aromatic rings. The van der Waals surface area contributed by atoms with Crippen molar-refractivity contribution in [2.24, 2.45) is 9.98 Å². The molecule has 0 unspecified atom stereocenters. The Morgan fingerprint density at radius 1 is 1.08 bits per heavy atom. The van der Waals surface area contributed by atoms with Crippen molar-refractivity contribution in [2.75, 3.05) is 18.2 Å². The third-order valence-electron chi connectivity index (χ3n) is 5.94. The molecule has 11 heteroatoms.